The summed E-state index contributed by atoms with van der Waals surface area (Å²) >= 11 is 5.62. The average molecular weight is 435 g/mol. The second kappa shape index (κ2) is 8.71. The highest BCUT2D eigenvalue weighted by molar-refractivity contribution is 6.31. The van der Waals surface area contributed by atoms with Crippen LogP contribution >= 0.6 is 11.6 Å². The summed E-state index contributed by atoms with van der Waals surface area (Å²) < 4.78 is 40.5. The Morgan fingerprint density at radius 2 is 1.90 bits per heavy atom. The summed E-state index contributed by atoms with van der Waals surface area (Å²) in [5.41, 5.74) is 1.03. The van der Waals surface area contributed by atoms with E-state index in [1.165, 1.54) is 29.4 Å². The number of alkyl halides is 3. The first-order valence-corrected chi connectivity index (χ1v) is 9.31. The molecular formula is C21H18ClF3N4O. The number of likely N-dealkylation sites (N-methyl/N-ethyl adjacent to an activating group) is 1. The number of amides is 1. The van der Waals surface area contributed by atoms with Crippen molar-refractivity contribution in [2.45, 2.75) is 19.1 Å². The van der Waals surface area contributed by atoms with E-state index in [4.69, 9.17) is 11.6 Å². The fourth-order valence-electron chi connectivity index (χ4n) is 2.81. The summed E-state index contributed by atoms with van der Waals surface area (Å²) in [6.07, 6.45) is 1.04. The molecule has 1 aromatic heterocycles. The van der Waals surface area contributed by atoms with Crippen LogP contribution in [0.2, 0.25) is 5.02 Å². The molecule has 0 bridgehead atoms. The second-order valence-corrected chi connectivity index (χ2v) is 7.03. The standard InChI is InChI=1S/C21H18ClF3N4O/c1-14(16-5-7-17(8-6-16)29-13-26-12-27-29)28(2)20(30)10-4-15-3-9-19(22)18(11-15)21(23,24)25/h3-14H,1-2H3/b10-4+. The molecule has 0 radical (unpaired) electrons. The number of aromatic nitrogens is 3. The molecule has 2 aromatic carbocycles. The SMILES string of the molecule is CC(c1ccc(-n2cncn2)cc1)N(C)C(=O)/C=C/c1ccc(Cl)c(C(F)(F)F)c1. The fourth-order valence-corrected chi connectivity index (χ4v) is 3.04. The molecule has 3 rings (SSSR count). The van der Waals surface area contributed by atoms with Gasteiger partial charge in [-0.2, -0.15) is 18.3 Å². The van der Waals surface area contributed by atoms with Crippen LogP contribution in [0.4, 0.5) is 13.2 Å². The number of carbonyl (C=O) groups is 1. The molecular weight excluding hydrogens is 417 g/mol. The van der Waals surface area contributed by atoms with Crippen molar-refractivity contribution in [3.05, 3.63) is 82.9 Å². The van der Waals surface area contributed by atoms with Crippen LogP contribution in [-0.2, 0) is 11.0 Å². The molecule has 0 saturated heterocycles. The lowest BCUT2D eigenvalue weighted by Crippen LogP contribution is -2.28. The molecule has 5 nitrogen and oxygen atoms in total. The summed E-state index contributed by atoms with van der Waals surface area (Å²) in [6, 6.07) is 10.7. The van der Waals surface area contributed by atoms with Crippen LogP contribution in [-0.4, -0.2) is 32.6 Å². The number of hydrogen-bond acceptors (Lipinski definition) is 3. The van der Waals surface area contributed by atoms with E-state index in [0.29, 0.717) is 0 Å². The first kappa shape index (κ1) is 21.6. The van der Waals surface area contributed by atoms with Gasteiger partial charge in [-0.15, -0.1) is 0 Å². The molecule has 0 aliphatic heterocycles. The van der Waals surface area contributed by atoms with Crippen molar-refractivity contribution in [3.8, 4) is 5.69 Å². The van der Waals surface area contributed by atoms with Crippen LogP contribution in [0.1, 0.15) is 29.7 Å². The summed E-state index contributed by atoms with van der Waals surface area (Å²) in [5, 5.41) is 3.67. The summed E-state index contributed by atoms with van der Waals surface area (Å²) in [5.74, 6) is -0.341. The van der Waals surface area contributed by atoms with E-state index in [-0.39, 0.29) is 22.5 Å². The maximum Gasteiger partial charge on any atom is 0.417 e. The van der Waals surface area contributed by atoms with Crippen molar-refractivity contribution in [2.24, 2.45) is 0 Å². The molecule has 0 spiro atoms. The Balaban J connectivity index is 1.71. The van der Waals surface area contributed by atoms with Crippen molar-refractivity contribution in [2.75, 3.05) is 7.05 Å². The first-order valence-electron chi connectivity index (χ1n) is 8.93. The Bertz CT molecular complexity index is 1050. The van der Waals surface area contributed by atoms with Gasteiger partial charge in [-0.05, 0) is 48.4 Å². The van der Waals surface area contributed by atoms with E-state index in [0.717, 1.165) is 23.4 Å². The first-order chi connectivity index (χ1) is 14.2. The van der Waals surface area contributed by atoms with Gasteiger partial charge in [-0.1, -0.05) is 29.8 Å². The second-order valence-electron chi connectivity index (χ2n) is 6.63. The Labute approximate surface area is 176 Å². The van der Waals surface area contributed by atoms with Gasteiger partial charge in [0.15, 0.2) is 0 Å². The molecule has 1 unspecified atom stereocenters. The Morgan fingerprint density at radius 1 is 1.20 bits per heavy atom. The van der Waals surface area contributed by atoms with Crippen molar-refractivity contribution in [3.63, 3.8) is 0 Å². The Hall–Kier alpha value is -3.13. The Kier molecular flexibility index (Phi) is 6.26. The summed E-state index contributed by atoms with van der Waals surface area (Å²) in [4.78, 5) is 17.9. The van der Waals surface area contributed by atoms with Gasteiger partial charge in [-0.3, -0.25) is 4.79 Å². The monoisotopic (exact) mass is 434 g/mol. The third-order valence-electron chi connectivity index (χ3n) is 4.70. The predicted molar refractivity (Wildman–Crippen MR) is 108 cm³/mol. The van der Waals surface area contributed by atoms with Crippen molar-refractivity contribution in [1.82, 2.24) is 19.7 Å². The predicted octanol–water partition coefficient (Wildman–Crippen LogP) is 5.17. The maximum absolute atomic E-state index is 13.0. The Morgan fingerprint density at radius 3 is 2.50 bits per heavy atom. The number of rotatable bonds is 5. The van der Waals surface area contributed by atoms with Gasteiger partial charge in [0.05, 0.1) is 22.3 Å². The third-order valence-corrected chi connectivity index (χ3v) is 5.03. The van der Waals surface area contributed by atoms with Gasteiger partial charge in [0.25, 0.3) is 0 Å². The molecule has 156 valence electrons. The molecule has 0 aliphatic rings. The van der Waals surface area contributed by atoms with Gasteiger partial charge >= 0.3 is 6.18 Å². The minimum Gasteiger partial charge on any atom is -0.335 e. The number of halogens is 4. The fraction of sp³-hybridized carbons (Fsp3) is 0.190. The highest BCUT2D eigenvalue weighted by atomic mass is 35.5. The number of nitrogens with zero attached hydrogens (tertiary/aromatic N) is 4. The van der Waals surface area contributed by atoms with E-state index in [1.54, 1.807) is 18.1 Å². The van der Waals surface area contributed by atoms with Crippen LogP contribution in [0.5, 0.6) is 0 Å². The normalized spacial score (nSPS) is 12.9. The minimum atomic E-state index is -4.56. The van der Waals surface area contributed by atoms with Crippen molar-refractivity contribution >= 4 is 23.6 Å². The molecule has 3 aromatic rings. The molecule has 0 aliphatic carbocycles. The zero-order chi connectivity index (χ0) is 21.9. The summed E-state index contributed by atoms with van der Waals surface area (Å²) in [7, 11) is 1.63. The lowest BCUT2D eigenvalue weighted by Gasteiger charge is -2.24. The van der Waals surface area contributed by atoms with E-state index in [9.17, 15) is 18.0 Å². The van der Waals surface area contributed by atoms with Gasteiger partial charge in [-0.25, -0.2) is 9.67 Å². The van der Waals surface area contributed by atoms with Crippen LogP contribution in [0.3, 0.4) is 0 Å². The third kappa shape index (κ3) is 4.88. The smallest absolute Gasteiger partial charge is 0.335 e. The highest BCUT2D eigenvalue weighted by Gasteiger charge is 2.33. The molecule has 30 heavy (non-hydrogen) atoms. The molecule has 0 N–H and O–H groups in total. The molecule has 0 fully saturated rings. The van der Waals surface area contributed by atoms with Gasteiger partial charge in [0.2, 0.25) is 5.91 Å². The molecule has 0 saturated carbocycles. The zero-order valence-corrected chi connectivity index (χ0v) is 16.9. The average Bonchev–Trinajstić information content (AvgIpc) is 3.26. The van der Waals surface area contributed by atoms with Crippen LogP contribution in [0.25, 0.3) is 11.8 Å². The lowest BCUT2D eigenvalue weighted by atomic mass is 10.1. The van der Waals surface area contributed by atoms with Gasteiger partial charge in [0, 0.05) is 13.1 Å². The largest absolute Gasteiger partial charge is 0.417 e. The van der Waals surface area contributed by atoms with Crippen molar-refractivity contribution in [1.29, 1.82) is 0 Å². The van der Waals surface area contributed by atoms with Crippen LogP contribution in [0.15, 0.2) is 61.2 Å². The topological polar surface area (TPSA) is 51.0 Å². The van der Waals surface area contributed by atoms with Crippen LogP contribution < -0.4 is 0 Å². The van der Waals surface area contributed by atoms with Gasteiger partial charge in [0.1, 0.15) is 12.7 Å². The maximum atomic E-state index is 13.0. The quantitative estimate of drug-likeness (QED) is 0.520. The minimum absolute atomic E-state index is 0.235. The zero-order valence-electron chi connectivity index (χ0n) is 16.1. The van der Waals surface area contributed by atoms with Crippen molar-refractivity contribution < 1.29 is 18.0 Å². The number of hydrogen-bond donors (Lipinski definition) is 0. The van der Waals surface area contributed by atoms with Crippen LogP contribution in [0, 0.1) is 0 Å². The number of carbonyl (C=O) groups excluding carboxylic acids is 1. The lowest BCUT2D eigenvalue weighted by molar-refractivity contribution is -0.137. The molecule has 1 amide bonds. The number of benzene rings is 2. The van der Waals surface area contributed by atoms with Gasteiger partial charge < -0.3 is 4.90 Å². The molecule has 9 heteroatoms. The highest BCUT2D eigenvalue weighted by Crippen LogP contribution is 2.35. The van der Waals surface area contributed by atoms with E-state index < -0.39 is 11.7 Å². The molecule has 1 heterocycles. The molecule has 1 atom stereocenters. The van der Waals surface area contributed by atoms with E-state index >= 15 is 0 Å². The van der Waals surface area contributed by atoms with E-state index in [1.807, 2.05) is 31.2 Å². The van der Waals surface area contributed by atoms with E-state index in [2.05, 4.69) is 10.1 Å². The summed E-state index contributed by atoms with van der Waals surface area (Å²) in [6.45, 7) is 1.86.